The quantitative estimate of drug-likeness (QED) is 0.521. The first-order chi connectivity index (χ1) is 14.6. The van der Waals surface area contributed by atoms with E-state index in [1.807, 2.05) is 58.2 Å². The summed E-state index contributed by atoms with van der Waals surface area (Å²) < 4.78 is 16.4. The standard InChI is InChI=1S/C23H32N2O5S/c1-15(2)19(26)12-16-8-9-17(20(13-16)29-11-7-10-28-6)18-14-31-22(24-18)30-21(27)25-23(3,4)5/h8-9,13-15H,7,10-12H2,1-6H3,(H,25,27). The first-order valence-electron chi connectivity index (χ1n) is 10.3. The smallest absolute Gasteiger partial charge is 0.414 e. The maximum absolute atomic E-state index is 12.2. The summed E-state index contributed by atoms with van der Waals surface area (Å²) in [5.41, 5.74) is 1.91. The number of Topliss-reactive ketones (excluding diaryl/α,β-unsaturated/α-hetero) is 1. The summed E-state index contributed by atoms with van der Waals surface area (Å²) in [6, 6.07) is 5.68. The van der Waals surface area contributed by atoms with Crippen LogP contribution in [0.1, 0.15) is 46.6 Å². The van der Waals surface area contributed by atoms with E-state index in [0.29, 0.717) is 31.1 Å². The number of carbonyl (C=O) groups is 2. The van der Waals surface area contributed by atoms with Crippen LogP contribution in [0.3, 0.4) is 0 Å². The van der Waals surface area contributed by atoms with E-state index in [4.69, 9.17) is 14.2 Å². The molecule has 0 fully saturated rings. The van der Waals surface area contributed by atoms with E-state index in [9.17, 15) is 9.59 Å². The van der Waals surface area contributed by atoms with Crippen molar-refractivity contribution in [2.75, 3.05) is 20.3 Å². The zero-order valence-electron chi connectivity index (χ0n) is 19.1. The number of nitrogens with one attached hydrogen (secondary N) is 1. The zero-order valence-corrected chi connectivity index (χ0v) is 19.9. The Morgan fingerprint density at radius 1 is 1.19 bits per heavy atom. The van der Waals surface area contributed by atoms with Gasteiger partial charge in [0.25, 0.3) is 5.19 Å². The van der Waals surface area contributed by atoms with Crippen LogP contribution in [-0.2, 0) is 16.0 Å². The highest BCUT2D eigenvalue weighted by atomic mass is 32.1. The molecule has 31 heavy (non-hydrogen) atoms. The zero-order chi connectivity index (χ0) is 23.0. The van der Waals surface area contributed by atoms with E-state index < -0.39 is 11.6 Å². The van der Waals surface area contributed by atoms with Gasteiger partial charge in [0, 0.05) is 49.0 Å². The van der Waals surface area contributed by atoms with E-state index in [-0.39, 0.29) is 16.9 Å². The van der Waals surface area contributed by atoms with Crippen molar-refractivity contribution in [2.45, 2.75) is 53.0 Å². The highest BCUT2D eigenvalue weighted by Gasteiger charge is 2.18. The first kappa shape index (κ1) is 24.8. The van der Waals surface area contributed by atoms with Crippen LogP contribution < -0.4 is 14.8 Å². The van der Waals surface area contributed by atoms with Gasteiger partial charge in [-0.2, -0.15) is 0 Å². The largest absolute Gasteiger partial charge is 0.493 e. The van der Waals surface area contributed by atoms with Crippen LogP contribution in [0.15, 0.2) is 23.6 Å². The van der Waals surface area contributed by atoms with Gasteiger partial charge in [-0.05, 0) is 38.5 Å². The lowest BCUT2D eigenvalue weighted by atomic mass is 9.99. The second kappa shape index (κ2) is 11.2. The molecule has 0 spiro atoms. The lowest BCUT2D eigenvalue weighted by molar-refractivity contribution is -0.121. The van der Waals surface area contributed by atoms with Crippen molar-refractivity contribution >= 4 is 23.2 Å². The minimum absolute atomic E-state index is 0.0248. The van der Waals surface area contributed by atoms with Crippen molar-refractivity contribution in [1.29, 1.82) is 0 Å². The first-order valence-corrected chi connectivity index (χ1v) is 11.2. The topological polar surface area (TPSA) is 86.8 Å². The van der Waals surface area contributed by atoms with Crippen molar-refractivity contribution in [3.63, 3.8) is 0 Å². The minimum Gasteiger partial charge on any atom is -0.493 e. The van der Waals surface area contributed by atoms with Crippen molar-refractivity contribution in [3.8, 4) is 22.2 Å². The predicted octanol–water partition coefficient (Wildman–Crippen LogP) is 4.88. The number of benzene rings is 1. The Labute approximate surface area is 188 Å². The maximum atomic E-state index is 12.2. The van der Waals surface area contributed by atoms with Crippen LogP contribution in [0.5, 0.6) is 10.9 Å². The Morgan fingerprint density at radius 2 is 1.94 bits per heavy atom. The highest BCUT2D eigenvalue weighted by molar-refractivity contribution is 7.11. The fourth-order valence-electron chi connectivity index (χ4n) is 2.64. The van der Waals surface area contributed by atoms with E-state index in [2.05, 4.69) is 10.3 Å². The van der Waals surface area contributed by atoms with Gasteiger partial charge in [-0.1, -0.05) is 31.3 Å². The number of hydrogen-bond donors (Lipinski definition) is 1. The molecule has 1 aromatic carbocycles. The molecule has 7 nitrogen and oxygen atoms in total. The number of ketones is 1. The van der Waals surface area contributed by atoms with Crippen LogP contribution in [0.25, 0.3) is 11.3 Å². The Bertz CT molecular complexity index is 886. The molecule has 0 atom stereocenters. The molecule has 0 unspecified atom stereocenters. The van der Waals surface area contributed by atoms with Crippen LogP contribution in [0.4, 0.5) is 4.79 Å². The van der Waals surface area contributed by atoms with Crippen molar-refractivity contribution < 1.29 is 23.8 Å². The molecule has 2 aromatic rings. The Morgan fingerprint density at radius 3 is 2.58 bits per heavy atom. The van der Waals surface area contributed by atoms with Crippen molar-refractivity contribution in [3.05, 3.63) is 29.1 Å². The number of ether oxygens (including phenoxy) is 3. The summed E-state index contributed by atoms with van der Waals surface area (Å²) in [6.45, 7) is 10.5. The lowest BCUT2D eigenvalue weighted by Gasteiger charge is -2.19. The van der Waals surface area contributed by atoms with Gasteiger partial charge in [0.05, 0.1) is 12.3 Å². The third kappa shape index (κ3) is 8.30. The summed E-state index contributed by atoms with van der Waals surface area (Å²) in [6.07, 6.45) is 0.542. The highest BCUT2D eigenvalue weighted by Crippen LogP contribution is 2.34. The summed E-state index contributed by atoms with van der Waals surface area (Å²) in [5.74, 6) is 0.789. The van der Waals surface area contributed by atoms with Gasteiger partial charge in [0.2, 0.25) is 0 Å². The van der Waals surface area contributed by atoms with Crippen molar-refractivity contribution in [2.24, 2.45) is 5.92 Å². The molecular formula is C23H32N2O5S. The van der Waals surface area contributed by atoms with Gasteiger partial charge in [0.1, 0.15) is 11.5 Å². The molecule has 0 saturated heterocycles. The monoisotopic (exact) mass is 448 g/mol. The number of rotatable bonds is 10. The molecule has 1 amide bonds. The normalized spacial score (nSPS) is 11.5. The van der Waals surface area contributed by atoms with Gasteiger partial charge in [0.15, 0.2) is 0 Å². The third-order valence-electron chi connectivity index (χ3n) is 4.23. The average Bonchev–Trinajstić information content (AvgIpc) is 3.11. The summed E-state index contributed by atoms with van der Waals surface area (Å²) in [4.78, 5) is 28.6. The number of thiazole rings is 1. The summed E-state index contributed by atoms with van der Waals surface area (Å²) >= 11 is 1.23. The molecule has 1 N–H and O–H groups in total. The Hall–Kier alpha value is -2.45. The van der Waals surface area contributed by atoms with E-state index >= 15 is 0 Å². The molecule has 0 aliphatic heterocycles. The number of aromatic nitrogens is 1. The molecule has 1 heterocycles. The Balaban J connectivity index is 2.22. The van der Waals surface area contributed by atoms with E-state index in [1.165, 1.54) is 11.3 Å². The van der Waals surface area contributed by atoms with Gasteiger partial charge >= 0.3 is 6.09 Å². The number of methoxy groups -OCH3 is 1. The van der Waals surface area contributed by atoms with Crippen LogP contribution in [-0.4, -0.2) is 42.7 Å². The van der Waals surface area contributed by atoms with Crippen LogP contribution in [0.2, 0.25) is 0 Å². The molecule has 0 bridgehead atoms. The molecule has 0 aliphatic carbocycles. The van der Waals surface area contributed by atoms with Crippen LogP contribution in [0, 0.1) is 5.92 Å². The number of nitrogens with zero attached hydrogens (tertiary/aromatic N) is 1. The average molecular weight is 449 g/mol. The molecule has 1 aromatic heterocycles. The van der Waals surface area contributed by atoms with Gasteiger partial charge in [-0.15, -0.1) is 0 Å². The molecule has 2 rings (SSSR count). The summed E-state index contributed by atoms with van der Waals surface area (Å²) in [5, 5.41) is 4.81. The lowest BCUT2D eigenvalue weighted by Crippen LogP contribution is -2.42. The molecule has 8 heteroatoms. The summed E-state index contributed by atoms with van der Waals surface area (Å²) in [7, 11) is 1.65. The third-order valence-corrected chi connectivity index (χ3v) is 4.95. The second-order valence-electron chi connectivity index (χ2n) is 8.59. The predicted molar refractivity (Wildman–Crippen MR) is 122 cm³/mol. The minimum atomic E-state index is -0.549. The molecular weight excluding hydrogens is 416 g/mol. The second-order valence-corrected chi connectivity index (χ2v) is 9.41. The molecule has 170 valence electrons. The fourth-order valence-corrected chi connectivity index (χ4v) is 3.30. The molecule has 0 aliphatic rings. The van der Waals surface area contributed by atoms with Gasteiger partial charge < -0.3 is 19.5 Å². The van der Waals surface area contributed by atoms with Crippen molar-refractivity contribution in [1.82, 2.24) is 10.3 Å². The van der Waals surface area contributed by atoms with E-state index in [0.717, 1.165) is 17.5 Å². The SMILES string of the molecule is COCCCOc1cc(CC(=O)C(C)C)ccc1-c1csc(OC(=O)NC(C)(C)C)n1. The molecule has 0 saturated carbocycles. The number of hydrogen-bond acceptors (Lipinski definition) is 7. The molecule has 0 radical (unpaired) electrons. The van der Waals surface area contributed by atoms with Gasteiger partial charge in [-0.3, -0.25) is 4.79 Å². The Kier molecular flexibility index (Phi) is 9.00. The number of carbonyl (C=O) groups excluding carboxylic acids is 2. The van der Waals surface area contributed by atoms with E-state index in [1.54, 1.807) is 7.11 Å². The number of amides is 1. The van der Waals surface area contributed by atoms with Gasteiger partial charge in [-0.25, -0.2) is 9.78 Å². The van der Waals surface area contributed by atoms with Crippen LogP contribution >= 0.6 is 11.3 Å². The maximum Gasteiger partial charge on any atom is 0.414 e. The fraction of sp³-hybridized carbons (Fsp3) is 0.522.